The molecule has 112 valence electrons. The molecule has 0 radical (unpaired) electrons. The van der Waals surface area contributed by atoms with Gasteiger partial charge in [-0.15, -0.1) is 0 Å². The third kappa shape index (κ3) is 3.52. The maximum atomic E-state index is 12.6. The molecule has 1 atom stereocenters. The van der Waals surface area contributed by atoms with Gasteiger partial charge in [0.2, 0.25) is 0 Å². The van der Waals surface area contributed by atoms with Crippen molar-refractivity contribution in [2.45, 2.75) is 26.3 Å². The lowest BCUT2D eigenvalue weighted by atomic mass is 10.0. The van der Waals surface area contributed by atoms with Gasteiger partial charge in [-0.3, -0.25) is 0 Å². The maximum Gasteiger partial charge on any atom is 0.282 e. The summed E-state index contributed by atoms with van der Waals surface area (Å²) >= 11 is 6.09. The number of nitrogens with zero attached hydrogens (tertiary/aromatic N) is 2. The van der Waals surface area contributed by atoms with Gasteiger partial charge in [0.25, 0.3) is 10.2 Å². The minimum Gasteiger partial charge on any atom is -0.195 e. The second-order valence-corrected chi connectivity index (χ2v) is 7.90. The van der Waals surface area contributed by atoms with Crippen LogP contribution >= 0.6 is 11.6 Å². The molecule has 0 aromatic heterocycles. The molecule has 0 amide bonds. The second-order valence-electron chi connectivity index (χ2n) is 5.46. The number of rotatable bonds is 4. The smallest absolute Gasteiger partial charge is 0.195 e. The highest BCUT2D eigenvalue weighted by molar-refractivity contribution is 7.86. The molecule has 6 heteroatoms. The second kappa shape index (κ2) is 6.43. The van der Waals surface area contributed by atoms with Crippen molar-refractivity contribution < 1.29 is 8.42 Å². The van der Waals surface area contributed by atoms with Crippen LogP contribution in [-0.2, 0) is 16.8 Å². The van der Waals surface area contributed by atoms with E-state index < -0.39 is 10.2 Å². The molecule has 1 aromatic carbocycles. The molecule has 0 spiro atoms. The van der Waals surface area contributed by atoms with E-state index in [1.54, 1.807) is 17.4 Å². The van der Waals surface area contributed by atoms with Gasteiger partial charge in [0.1, 0.15) is 0 Å². The summed E-state index contributed by atoms with van der Waals surface area (Å²) < 4.78 is 28.1. The zero-order valence-electron chi connectivity index (χ0n) is 11.9. The molecule has 0 N–H and O–H groups in total. The standard InChI is InChI=1S/C14H21ClN2O2S/c1-12-6-5-9-17(10-12)20(18,19)16(2)11-13-7-3-4-8-14(13)15/h3-4,7-8,12H,5-6,9-11H2,1-2H3. The fourth-order valence-electron chi connectivity index (χ4n) is 2.50. The van der Waals surface area contributed by atoms with Crippen LogP contribution in [-0.4, -0.2) is 37.2 Å². The van der Waals surface area contributed by atoms with Crippen molar-refractivity contribution in [2.24, 2.45) is 5.92 Å². The molecule has 1 aromatic rings. The van der Waals surface area contributed by atoms with Crippen LogP contribution < -0.4 is 0 Å². The number of halogens is 1. The first kappa shape index (κ1) is 15.8. The van der Waals surface area contributed by atoms with E-state index in [0.717, 1.165) is 18.4 Å². The molecule has 1 aliphatic heterocycles. The summed E-state index contributed by atoms with van der Waals surface area (Å²) in [5, 5.41) is 0.599. The van der Waals surface area contributed by atoms with Crippen molar-refractivity contribution in [1.82, 2.24) is 8.61 Å². The lowest BCUT2D eigenvalue weighted by Gasteiger charge is -2.33. The minimum atomic E-state index is -3.40. The normalized spacial score (nSPS) is 21.3. The molecule has 20 heavy (non-hydrogen) atoms. The summed E-state index contributed by atoms with van der Waals surface area (Å²) in [6.07, 6.45) is 2.03. The van der Waals surface area contributed by atoms with Crippen LogP contribution in [0.4, 0.5) is 0 Å². The van der Waals surface area contributed by atoms with E-state index in [4.69, 9.17) is 11.6 Å². The lowest BCUT2D eigenvalue weighted by molar-refractivity contribution is 0.263. The fourth-order valence-corrected chi connectivity index (χ4v) is 4.20. The summed E-state index contributed by atoms with van der Waals surface area (Å²) in [5.74, 6) is 0.423. The van der Waals surface area contributed by atoms with Gasteiger partial charge in [-0.25, -0.2) is 0 Å². The fraction of sp³-hybridized carbons (Fsp3) is 0.571. The van der Waals surface area contributed by atoms with E-state index in [9.17, 15) is 8.42 Å². The molecule has 1 fully saturated rings. The predicted molar refractivity (Wildman–Crippen MR) is 81.8 cm³/mol. The van der Waals surface area contributed by atoms with Crippen LogP contribution in [0.2, 0.25) is 5.02 Å². The third-order valence-corrected chi connectivity index (χ3v) is 5.96. The molecule has 1 saturated heterocycles. The van der Waals surface area contributed by atoms with Crippen molar-refractivity contribution >= 4 is 21.8 Å². The molecule has 0 bridgehead atoms. The van der Waals surface area contributed by atoms with Gasteiger partial charge in [0, 0.05) is 31.7 Å². The molecule has 1 aliphatic rings. The molecule has 0 saturated carbocycles. The van der Waals surface area contributed by atoms with Gasteiger partial charge in [0.15, 0.2) is 0 Å². The first-order chi connectivity index (χ1) is 9.41. The Labute approximate surface area is 126 Å². The van der Waals surface area contributed by atoms with Crippen molar-refractivity contribution in [3.8, 4) is 0 Å². The third-order valence-electron chi connectivity index (χ3n) is 3.69. The number of hydrogen-bond donors (Lipinski definition) is 0. The molecule has 2 rings (SSSR count). The Balaban J connectivity index is 2.11. The summed E-state index contributed by atoms with van der Waals surface area (Å²) in [5.41, 5.74) is 0.824. The van der Waals surface area contributed by atoms with Gasteiger partial charge in [-0.05, 0) is 30.4 Å². The van der Waals surface area contributed by atoms with Crippen molar-refractivity contribution in [3.63, 3.8) is 0 Å². The van der Waals surface area contributed by atoms with E-state index in [1.807, 2.05) is 18.2 Å². The van der Waals surface area contributed by atoms with Crippen molar-refractivity contribution in [3.05, 3.63) is 34.9 Å². The number of piperidine rings is 1. The highest BCUT2D eigenvalue weighted by Gasteiger charge is 2.30. The largest absolute Gasteiger partial charge is 0.282 e. The highest BCUT2D eigenvalue weighted by Crippen LogP contribution is 2.22. The number of hydrogen-bond acceptors (Lipinski definition) is 2. The van der Waals surface area contributed by atoms with E-state index >= 15 is 0 Å². The highest BCUT2D eigenvalue weighted by atomic mass is 35.5. The van der Waals surface area contributed by atoms with Gasteiger partial charge >= 0.3 is 0 Å². The Morgan fingerprint density at radius 2 is 2.10 bits per heavy atom. The van der Waals surface area contributed by atoms with Crippen LogP contribution in [0.3, 0.4) is 0 Å². The quantitative estimate of drug-likeness (QED) is 0.857. The minimum absolute atomic E-state index is 0.298. The first-order valence-corrected chi connectivity index (χ1v) is 8.63. The SMILES string of the molecule is CC1CCCN(S(=O)(=O)N(C)Cc2ccccc2Cl)C1. The first-order valence-electron chi connectivity index (χ1n) is 6.86. The van der Waals surface area contributed by atoms with Crippen LogP contribution in [0.15, 0.2) is 24.3 Å². The molecular weight excluding hydrogens is 296 g/mol. The van der Waals surface area contributed by atoms with E-state index in [0.29, 0.717) is 30.6 Å². The van der Waals surface area contributed by atoms with E-state index in [1.165, 1.54) is 4.31 Å². The zero-order chi connectivity index (χ0) is 14.8. The monoisotopic (exact) mass is 316 g/mol. The maximum absolute atomic E-state index is 12.6. The zero-order valence-corrected chi connectivity index (χ0v) is 13.5. The van der Waals surface area contributed by atoms with Crippen molar-refractivity contribution in [2.75, 3.05) is 20.1 Å². The Kier molecular flexibility index (Phi) is 5.07. The van der Waals surface area contributed by atoms with Gasteiger partial charge in [0.05, 0.1) is 0 Å². The topological polar surface area (TPSA) is 40.6 Å². The molecule has 0 aliphatic carbocycles. The lowest BCUT2D eigenvalue weighted by Crippen LogP contribution is -2.46. The van der Waals surface area contributed by atoms with Crippen molar-refractivity contribution in [1.29, 1.82) is 0 Å². The predicted octanol–water partition coefficient (Wildman–Crippen LogP) is 2.75. The molecule has 1 heterocycles. The summed E-state index contributed by atoms with van der Waals surface area (Å²) in [4.78, 5) is 0. The van der Waals surface area contributed by atoms with Crippen LogP contribution in [0.25, 0.3) is 0 Å². The Morgan fingerprint density at radius 3 is 2.75 bits per heavy atom. The Morgan fingerprint density at radius 1 is 1.40 bits per heavy atom. The van der Waals surface area contributed by atoms with Crippen LogP contribution in [0.5, 0.6) is 0 Å². The molecule has 4 nitrogen and oxygen atoms in total. The van der Waals surface area contributed by atoms with E-state index in [2.05, 4.69) is 6.92 Å². The number of benzene rings is 1. The average Bonchev–Trinajstić information content (AvgIpc) is 2.41. The van der Waals surface area contributed by atoms with Crippen LogP contribution in [0.1, 0.15) is 25.3 Å². The van der Waals surface area contributed by atoms with Gasteiger partial charge in [-0.2, -0.15) is 17.0 Å². The van der Waals surface area contributed by atoms with Gasteiger partial charge < -0.3 is 0 Å². The summed E-state index contributed by atoms with van der Waals surface area (Å²) in [6, 6.07) is 7.34. The Hall–Kier alpha value is -0.620. The average molecular weight is 317 g/mol. The van der Waals surface area contributed by atoms with Crippen LogP contribution in [0, 0.1) is 5.92 Å². The molecular formula is C14H21ClN2O2S. The van der Waals surface area contributed by atoms with E-state index in [-0.39, 0.29) is 0 Å². The summed E-state index contributed by atoms with van der Waals surface area (Å²) in [7, 11) is -1.79. The summed E-state index contributed by atoms with van der Waals surface area (Å²) in [6.45, 7) is 3.61. The molecule has 1 unspecified atom stereocenters. The van der Waals surface area contributed by atoms with Gasteiger partial charge in [-0.1, -0.05) is 36.7 Å². The Bertz CT molecular complexity index is 562.